The fourth-order valence-electron chi connectivity index (χ4n) is 3.35. The summed E-state index contributed by atoms with van der Waals surface area (Å²) in [7, 11) is 0. The highest BCUT2D eigenvalue weighted by molar-refractivity contribution is 7.18. The largest absolute Gasteiger partial charge is 0.352 e. The van der Waals surface area contributed by atoms with Crippen LogP contribution in [0.4, 0.5) is 0 Å². The van der Waals surface area contributed by atoms with E-state index >= 15 is 0 Å². The Morgan fingerprint density at radius 3 is 2.73 bits per heavy atom. The molecule has 0 unspecified atom stereocenters. The second-order valence-electron chi connectivity index (χ2n) is 6.53. The van der Waals surface area contributed by atoms with Crippen molar-refractivity contribution >= 4 is 39.9 Å². The molecular weight excluding hydrogens is 366 g/mol. The first-order valence-corrected chi connectivity index (χ1v) is 9.48. The van der Waals surface area contributed by atoms with E-state index < -0.39 is 0 Å². The van der Waals surface area contributed by atoms with Crippen LogP contribution in [-0.2, 0) is 17.8 Å². The van der Waals surface area contributed by atoms with Crippen LogP contribution in [0.1, 0.15) is 17.0 Å². The van der Waals surface area contributed by atoms with Crippen molar-refractivity contribution in [1.82, 2.24) is 15.2 Å². The SMILES string of the molecule is Cl.O=C(Cc1nc2ccccc2s1)N[C@H]1CCN(Cc2ccccc2)C1. The van der Waals surface area contributed by atoms with E-state index in [0.29, 0.717) is 6.42 Å². The number of thiazole rings is 1. The number of para-hydroxylation sites is 1. The summed E-state index contributed by atoms with van der Waals surface area (Å²) in [6.07, 6.45) is 1.38. The molecule has 0 saturated carbocycles. The van der Waals surface area contributed by atoms with Crippen LogP contribution in [-0.4, -0.2) is 34.9 Å². The van der Waals surface area contributed by atoms with E-state index in [2.05, 4.69) is 39.5 Å². The van der Waals surface area contributed by atoms with E-state index in [1.54, 1.807) is 11.3 Å². The van der Waals surface area contributed by atoms with Crippen molar-refractivity contribution in [2.75, 3.05) is 13.1 Å². The third-order valence-corrected chi connectivity index (χ3v) is 5.57. The van der Waals surface area contributed by atoms with Crippen LogP contribution in [0.15, 0.2) is 54.6 Å². The third kappa shape index (κ3) is 4.61. The van der Waals surface area contributed by atoms with E-state index in [1.807, 2.05) is 30.3 Å². The molecule has 4 nitrogen and oxygen atoms in total. The predicted molar refractivity (Wildman–Crippen MR) is 109 cm³/mol. The number of likely N-dealkylation sites (tertiary alicyclic amines) is 1. The lowest BCUT2D eigenvalue weighted by Gasteiger charge is -2.16. The number of amides is 1. The summed E-state index contributed by atoms with van der Waals surface area (Å²) in [5.74, 6) is 0.0746. The first-order chi connectivity index (χ1) is 12.3. The van der Waals surface area contributed by atoms with Crippen molar-refractivity contribution in [1.29, 1.82) is 0 Å². The Bertz CT molecular complexity index is 835. The average Bonchev–Trinajstić information content (AvgIpc) is 3.21. The maximum Gasteiger partial charge on any atom is 0.227 e. The number of halogens is 1. The van der Waals surface area contributed by atoms with Gasteiger partial charge in [-0.15, -0.1) is 23.7 Å². The summed E-state index contributed by atoms with van der Waals surface area (Å²) in [6, 6.07) is 18.8. The lowest BCUT2D eigenvalue weighted by molar-refractivity contribution is -0.121. The van der Waals surface area contributed by atoms with E-state index in [4.69, 9.17) is 0 Å². The Kier molecular flexibility index (Phi) is 6.25. The van der Waals surface area contributed by atoms with E-state index in [0.717, 1.165) is 41.3 Å². The maximum atomic E-state index is 12.3. The molecule has 1 saturated heterocycles. The number of benzene rings is 2. The number of rotatable bonds is 5. The molecule has 1 aliphatic heterocycles. The summed E-state index contributed by atoms with van der Waals surface area (Å²) in [6.45, 7) is 2.90. The zero-order chi connectivity index (χ0) is 17.1. The summed E-state index contributed by atoms with van der Waals surface area (Å²) < 4.78 is 1.14. The average molecular weight is 388 g/mol. The summed E-state index contributed by atoms with van der Waals surface area (Å²) >= 11 is 1.60. The van der Waals surface area contributed by atoms with Crippen LogP contribution in [0.25, 0.3) is 10.2 Å². The fourth-order valence-corrected chi connectivity index (χ4v) is 4.31. The number of hydrogen-bond acceptors (Lipinski definition) is 4. The Hall–Kier alpha value is -1.95. The number of aromatic nitrogens is 1. The van der Waals surface area contributed by atoms with Gasteiger partial charge in [0.15, 0.2) is 0 Å². The van der Waals surface area contributed by atoms with Gasteiger partial charge in [-0.25, -0.2) is 4.98 Å². The van der Waals surface area contributed by atoms with E-state index in [1.165, 1.54) is 5.56 Å². The molecule has 0 aliphatic carbocycles. The Morgan fingerprint density at radius 2 is 1.92 bits per heavy atom. The van der Waals surface area contributed by atoms with Crippen molar-refractivity contribution in [3.05, 3.63) is 65.2 Å². The number of carbonyl (C=O) groups is 1. The number of nitrogens with one attached hydrogen (secondary N) is 1. The highest BCUT2D eigenvalue weighted by Crippen LogP contribution is 2.22. The van der Waals surface area contributed by atoms with Crippen molar-refractivity contribution in [3.8, 4) is 0 Å². The molecule has 1 N–H and O–H groups in total. The monoisotopic (exact) mass is 387 g/mol. The van der Waals surface area contributed by atoms with Crippen molar-refractivity contribution < 1.29 is 4.79 Å². The molecule has 1 atom stereocenters. The summed E-state index contributed by atoms with van der Waals surface area (Å²) in [5, 5.41) is 4.06. The van der Waals surface area contributed by atoms with Gasteiger partial charge in [0.05, 0.1) is 16.6 Å². The first kappa shape index (κ1) is 18.8. The fraction of sp³-hybridized carbons (Fsp3) is 0.300. The van der Waals surface area contributed by atoms with Crippen LogP contribution in [0.3, 0.4) is 0 Å². The highest BCUT2D eigenvalue weighted by Gasteiger charge is 2.24. The summed E-state index contributed by atoms with van der Waals surface area (Å²) in [5.41, 5.74) is 2.30. The number of fused-ring (bicyclic) bond motifs is 1. The van der Waals surface area contributed by atoms with Gasteiger partial charge in [0.2, 0.25) is 5.91 Å². The van der Waals surface area contributed by atoms with Gasteiger partial charge in [0.25, 0.3) is 0 Å². The lowest BCUT2D eigenvalue weighted by Crippen LogP contribution is -2.37. The molecule has 0 radical (unpaired) electrons. The molecule has 2 heterocycles. The Labute approximate surface area is 163 Å². The molecule has 1 aliphatic rings. The minimum Gasteiger partial charge on any atom is -0.352 e. The van der Waals surface area contributed by atoms with Crippen LogP contribution >= 0.6 is 23.7 Å². The first-order valence-electron chi connectivity index (χ1n) is 8.66. The van der Waals surface area contributed by atoms with E-state index in [-0.39, 0.29) is 24.4 Å². The minimum absolute atomic E-state index is 0. The molecule has 6 heteroatoms. The second-order valence-corrected chi connectivity index (χ2v) is 7.64. The van der Waals surface area contributed by atoms with Crippen LogP contribution in [0.5, 0.6) is 0 Å². The predicted octanol–water partition coefficient (Wildman–Crippen LogP) is 3.65. The third-order valence-electron chi connectivity index (χ3n) is 4.54. The molecule has 0 bridgehead atoms. The van der Waals surface area contributed by atoms with Gasteiger partial charge in [-0.1, -0.05) is 42.5 Å². The molecule has 26 heavy (non-hydrogen) atoms. The van der Waals surface area contributed by atoms with Crippen molar-refractivity contribution in [3.63, 3.8) is 0 Å². The van der Waals surface area contributed by atoms with Gasteiger partial charge in [-0.3, -0.25) is 9.69 Å². The Balaban J connectivity index is 0.00000196. The summed E-state index contributed by atoms with van der Waals surface area (Å²) in [4.78, 5) is 19.3. The second kappa shape index (κ2) is 8.62. The Morgan fingerprint density at radius 1 is 1.15 bits per heavy atom. The van der Waals surface area contributed by atoms with Crippen LogP contribution in [0.2, 0.25) is 0 Å². The minimum atomic E-state index is 0. The number of hydrogen-bond donors (Lipinski definition) is 1. The van der Waals surface area contributed by atoms with E-state index in [9.17, 15) is 4.79 Å². The molecule has 2 aromatic carbocycles. The zero-order valence-electron chi connectivity index (χ0n) is 14.4. The van der Waals surface area contributed by atoms with Gasteiger partial charge >= 0.3 is 0 Å². The molecule has 0 spiro atoms. The normalized spacial score (nSPS) is 17.2. The number of carbonyl (C=O) groups excluding carboxylic acids is 1. The van der Waals surface area contributed by atoms with Crippen molar-refractivity contribution in [2.24, 2.45) is 0 Å². The van der Waals surface area contributed by atoms with Gasteiger partial charge in [-0.2, -0.15) is 0 Å². The van der Waals surface area contributed by atoms with Gasteiger partial charge < -0.3 is 5.32 Å². The molecule has 4 rings (SSSR count). The molecule has 3 aromatic rings. The smallest absolute Gasteiger partial charge is 0.227 e. The molecule has 1 fully saturated rings. The topological polar surface area (TPSA) is 45.2 Å². The molecule has 1 aromatic heterocycles. The van der Waals surface area contributed by atoms with Crippen LogP contribution in [0, 0.1) is 0 Å². The molecule has 136 valence electrons. The lowest BCUT2D eigenvalue weighted by atomic mass is 10.2. The standard InChI is InChI=1S/C20H21N3OS.ClH/c24-19(12-20-22-17-8-4-5-9-18(17)25-20)21-16-10-11-23(14-16)13-15-6-2-1-3-7-15;/h1-9,16H,10-14H2,(H,21,24);1H/t16-;/m0./s1. The quantitative estimate of drug-likeness (QED) is 0.726. The maximum absolute atomic E-state index is 12.3. The van der Waals surface area contributed by atoms with Gasteiger partial charge in [0, 0.05) is 25.7 Å². The zero-order valence-corrected chi connectivity index (χ0v) is 16.1. The van der Waals surface area contributed by atoms with Gasteiger partial charge in [-0.05, 0) is 24.1 Å². The van der Waals surface area contributed by atoms with Gasteiger partial charge in [0.1, 0.15) is 5.01 Å². The van der Waals surface area contributed by atoms with Crippen molar-refractivity contribution in [2.45, 2.75) is 25.4 Å². The number of nitrogens with zero attached hydrogens (tertiary/aromatic N) is 2. The highest BCUT2D eigenvalue weighted by atomic mass is 35.5. The van der Waals surface area contributed by atoms with Crippen LogP contribution < -0.4 is 5.32 Å². The molecule has 1 amide bonds. The molecular formula is C20H22ClN3OS.